The number of H-pyrrole nitrogens is 1. The van der Waals surface area contributed by atoms with Gasteiger partial charge >= 0.3 is 5.97 Å². The molecule has 0 bridgehead atoms. The summed E-state index contributed by atoms with van der Waals surface area (Å²) in [5.74, 6) is -2.07. The predicted molar refractivity (Wildman–Crippen MR) is 161 cm³/mol. The molecule has 3 aromatic rings. The van der Waals surface area contributed by atoms with Crippen LogP contribution in [-0.4, -0.2) is 53.2 Å². The third-order valence-corrected chi connectivity index (χ3v) is 6.96. The number of allylic oxidation sites excluding steroid dienone is 2. The second kappa shape index (κ2) is 16.2. The minimum absolute atomic E-state index is 0.0267. The Morgan fingerprint density at radius 2 is 1.63 bits per heavy atom. The van der Waals surface area contributed by atoms with Gasteiger partial charge in [0.15, 0.2) is 0 Å². The molecule has 0 radical (unpaired) electrons. The Morgan fingerprint density at radius 3 is 2.34 bits per heavy atom. The second-order valence-electron chi connectivity index (χ2n) is 10.4. The van der Waals surface area contributed by atoms with Crippen LogP contribution in [0.4, 0.5) is 0 Å². The third kappa shape index (κ3) is 9.76. The van der Waals surface area contributed by atoms with Crippen molar-refractivity contribution in [3.05, 3.63) is 97.2 Å². The highest BCUT2D eigenvalue weighted by Crippen LogP contribution is 2.21. The summed E-state index contributed by atoms with van der Waals surface area (Å²) in [6, 6.07) is 16.7. The summed E-state index contributed by atoms with van der Waals surface area (Å²) in [4.78, 5) is 42.3. The Kier molecular flexibility index (Phi) is 12.4. The predicted octanol–water partition coefficient (Wildman–Crippen LogP) is 4.25. The maximum atomic E-state index is 13.4. The molecule has 218 valence electrons. The Hall–Kier alpha value is -4.17. The van der Waals surface area contributed by atoms with Crippen molar-refractivity contribution in [3.8, 4) is 0 Å². The Balaban J connectivity index is 1.75. The fourth-order valence-corrected chi connectivity index (χ4v) is 4.79. The molecule has 3 rings (SSSR count). The fraction of sp³-hybridized carbons (Fsp3) is 0.364. The van der Waals surface area contributed by atoms with Crippen molar-refractivity contribution < 1.29 is 24.2 Å². The molecule has 4 N–H and O–H groups in total. The van der Waals surface area contributed by atoms with E-state index in [1.54, 1.807) is 19.1 Å². The number of aliphatic hydroxyl groups excluding tert-OH is 1. The molecular formula is C33H41N3O5. The van der Waals surface area contributed by atoms with Crippen molar-refractivity contribution in [2.75, 3.05) is 13.2 Å². The van der Waals surface area contributed by atoms with E-state index >= 15 is 0 Å². The van der Waals surface area contributed by atoms with Gasteiger partial charge in [0.05, 0.1) is 24.5 Å². The van der Waals surface area contributed by atoms with Gasteiger partial charge in [0.1, 0.15) is 6.61 Å². The maximum Gasteiger partial charge on any atom is 0.309 e. The van der Waals surface area contributed by atoms with Crippen molar-refractivity contribution in [2.45, 2.75) is 51.1 Å². The maximum absolute atomic E-state index is 13.4. The fourth-order valence-electron chi connectivity index (χ4n) is 4.79. The number of amides is 2. The molecule has 8 heteroatoms. The number of nitrogens with one attached hydrogen (secondary N) is 3. The SMILES string of the molecule is C=CC[C@H](CC(=O)N[C@H](C)CO)C(=O)N[C@H](COC(=O)[C@H](CC=C)Cc1ccccc1)Cc1c[nH]c2ccccc12. The van der Waals surface area contributed by atoms with Crippen molar-refractivity contribution >= 4 is 28.7 Å². The molecule has 0 spiro atoms. The monoisotopic (exact) mass is 559 g/mol. The van der Waals surface area contributed by atoms with Gasteiger partial charge in [-0.1, -0.05) is 60.7 Å². The van der Waals surface area contributed by atoms with Gasteiger partial charge in [-0.25, -0.2) is 0 Å². The van der Waals surface area contributed by atoms with Gasteiger partial charge in [-0.3, -0.25) is 14.4 Å². The molecule has 0 saturated heterocycles. The van der Waals surface area contributed by atoms with E-state index in [4.69, 9.17) is 4.74 Å². The lowest BCUT2D eigenvalue weighted by atomic mass is 9.96. The normalized spacial score (nSPS) is 13.9. The molecule has 0 unspecified atom stereocenters. The first-order chi connectivity index (χ1) is 19.8. The molecule has 0 aliphatic heterocycles. The van der Waals surface area contributed by atoms with E-state index in [9.17, 15) is 19.5 Å². The van der Waals surface area contributed by atoms with Gasteiger partial charge in [-0.2, -0.15) is 0 Å². The number of benzene rings is 2. The topological polar surface area (TPSA) is 121 Å². The number of hydrogen-bond acceptors (Lipinski definition) is 5. The smallest absolute Gasteiger partial charge is 0.309 e. The number of para-hydroxylation sites is 1. The number of hydrogen-bond donors (Lipinski definition) is 4. The minimum Gasteiger partial charge on any atom is -0.463 e. The van der Waals surface area contributed by atoms with E-state index in [0.29, 0.717) is 25.7 Å². The first-order valence-corrected chi connectivity index (χ1v) is 14.0. The van der Waals surface area contributed by atoms with Crippen molar-refractivity contribution in [2.24, 2.45) is 11.8 Å². The number of aliphatic hydroxyl groups is 1. The second-order valence-corrected chi connectivity index (χ2v) is 10.4. The Bertz CT molecular complexity index is 1300. The molecule has 2 aromatic carbocycles. The zero-order valence-corrected chi connectivity index (χ0v) is 23.7. The van der Waals surface area contributed by atoms with Crippen molar-refractivity contribution in [1.82, 2.24) is 15.6 Å². The van der Waals surface area contributed by atoms with Crippen LogP contribution in [0.3, 0.4) is 0 Å². The van der Waals surface area contributed by atoms with Gasteiger partial charge in [0.25, 0.3) is 0 Å². The number of aromatic amines is 1. The zero-order chi connectivity index (χ0) is 29.6. The van der Waals surface area contributed by atoms with E-state index in [0.717, 1.165) is 22.0 Å². The summed E-state index contributed by atoms with van der Waals surface area (Å²) in [6.45, 7) is 9.00. The van der Waals surface area contributed by atoms with Crippen LogP contribution in [0.25, 0.3) is 10.9 Å². The highest BCUT2D eigenvalue weighted by molar-refractivity contribution is 5.86. The highest BCUT2D eigenvalue weighted by Gasteiger charge is 2.26. The van der Waals surface area contributed by atoms with E-state index in [1.165, 1.54) is 0 Å². The molecule has 2 amide bonds. The number of rotatable bonds is 17. The zero-order valence-electron chi connectivity index (χ0n) is 23.7. The molecule has 0 saturated carbocycles. The van der Waals surface area contributed by atoms with Crippen LogP contribution in [0.5, 0.6) is 0 Å². The highest BCUT2D eigenvalue weighted by atomic mass is 16.5. The van der Waals surface area contributed by atoms with Crippen LogP contribution in [0.1, 0.15) is 37.3 Å². The quantitative estimate of drug-likeness (QED) is 0.146. The number of carbonyl (C=O) groups is 3. The summed E-state index contributed by atoms with van der Waals surface area (Å²) in [5.41, 5.74) is 2.97. The molecule has 0 aliphatic carbocycles. The van der Waals surface area contributed by atoms with Gasteiger partial charge < -0.3 is 25.5 Å². The summed E-state index contributed by atoms with van der Waals surface area (Å²) in [7, 11) is 0. The van der Waals surface area contributed by atoms with Gasteiger partial charge in [0, 0.05) is 29.6 Å². The Morgan fingerprint density at radius 1 is 0.951 bits per heavy atom. The number of carbonyl (C=O) groups excluding carboxylic acids is 3. The number of esters is 1. The lowest BCUT2D eigenvalue weighted by molar-refractivity contribution is -0.149. The van der Waals surface area contributed by atoms with Crippen LogP contribution < -0.4 is 10.6 Å². The molecule has 1 aromatic heterocycles. The summed E-state index contributed by atoms with van der Waals surface area (Å²) in [5, 5.41) is 16.0. The van der Waals surface area contributed by atoms with Crippen LogP contribution in [0.2, 0.25) is 0 Å². The van der Waals surface area contributed by atoms with Crippen molar-refractivity contribution in [1.29, 1.82) is 0 Å². The standard InChI is InChI=1S/C33H41N3O5/c1-4-11-25(19-31(38)35-23(3)21-37)32(39)36-28(18-27-20-34-30-16-10-9-15-29(27)30)22-41-33(40)26(12-5-2)17-24-13-7-6-8-14-24/h4-10,13-16,20,23,25-26,28,34,37H,1-2,11-12,17-19,21-22H2,3H3,(H,35,38)(H,36,39)/t23-,25-,26-,28+/m1/s1. The Labute approximate surface area is 241 Å². The lowest BCUT2D eigenvalue weighted by Gasteiger charge is -2.23. The van der Waals surface area contributed by atoms with Gasteiger partial charge in [-0.05, 0) is 49.8 Å². The lowest BCUT2D eigenvalue weighted by Crippen LogP contribution is -2.45. The summed E-state index contributed by atoms with van der Waals surface area (Å²) >= 11 is 0. The molecule has 8 nitrogen and oxygen atoms in total. The first kappa shape index (κ1) is 31.4. The largest absolute Gasteiger partial charge is 0.463 e. The van der Waals surface area contributed by atoms with E-state index in [-0.39, 0.29) is 37.4 Å². The minimum atomic E-state index is -0.661. The number of aromatic nitrogens is 1. The van der Waals surface area contributed by atoms with Gasteiger partial charge in [0.2, 0.25) is 11.8 Å². The third-order valence-electron chi connectivity index (χ3n) is 6.96. The molecule has 0 aliphatic rings. The number of fused-ring (bicyclic) bond motifs is 1. The first-order valence-electron chi connectivity index (χ1n) is 14.0. The average molecular weight is 560 g/mol. The summed E-state index contributed by atoms with van der Waals surface area (Å²) in [6.07, 6.45) is 6.86. The van der Waals surface area contributed by atoms with Crippen LogP contribution >= 0.6 is 0 Å². The van der Waals surface area contributed by atoms with Crippen LogP contribution in [0, 0.1) is 11.8 Å². The summed E-state index contributed by atoms with van der Waals surface area (Å²) < 4.78 is 5.80. The number of ether oxygens (including phenoxy) is 1. The molecule has 0 fully saturated rings. The molecule has 41 heavy (non-hydrogen) atoms. The van der Waals surface area contributed by atoms with Crippen LogP contribution in [-0.2, 0) is 32.0 Å². The molecule has 4 atom stereocenters. The van der Waals surface area contributed by atoms with E-state index < -0.39 is 23.9 Å². The van der Waals surface area contributed by atoms with Crippen molar-refractivity contribution in [3.63, 3.8) is 0 Å². The molecule has 1 heterocycles. The van der Waals surface area contributed by atoms with E-state index in [1.807, 2.05) is 60.8 Å². The van der Waals surface area contributed by atoms with E-state index in [2.05, 4.69) is 28.8 Å². The van der Waals surface area contributed by atoms with Crippen LogP contribution in [0.15, 0.2) is 86.1 Å². The average Bonchev–Trinajstić information content (AvgIpc) is 3.38. The van der Waals surface area contributed by atoms with Gasteiger partial charge in [-0.15, -0.1) is 13.2 Å². The molecular weight excluding hydrogens is 518 g/mol.